The largest absolute Gasteiger partial charge is 0.348 e. The zero-order valence-corrected chi connectivity index (χ0v) is 21.9. The molecule has 0 spiro atoms. The maximum absolute atomic E-state index is 13.6. The number of aromatic nitrogens is 3. The number of hydrogen-bond donors (Lipinski definition) is 2. The van der Waals surface area contributed by atoms with Gasteiger partial charge in [-0.05, 0) is 67.9 Å². The molecule has 206 valence electrons. The summed E-state index contributed by atoms with van der Waals surface area (Å²) in [6.45, 7) is 1.88. The first kappa shape index (κ1) is 27.1. The molecular weight excluding hydrogens is 518 g/mol. The van der Waals surface area contributed by atoms with Gasteiger partial charge in [-0.2, -0.15) is 0 Å². The fourth-order valence-electron chi connectivity index (χ4n) is 4.80. The van der Waals surface area contributed by atoms with Crippen LogP contribution in [0.4, 0.5) is 8.78 Å². The summed E-state index contributed by atoms with van der Waals surface area (Å²) < 4.78 is 27.9. The molecule has 40 heavy (non-hydrogen) atoms. The second-order valence-corrected chi connectivity index (χ2v) is 10.00. The van der Waals surface area contributed by atoms with Crippen LogP contribution < -0.4 is 16.2 Å². The fraction of sp³-hybridized carbons (Fsp3) is 0.276. The van der Waals surface area contributed by atoms with Crippen molar-refractivity contribution < 1.29 is 18.4 Å². The van der Waals surface area contributed by atoms with Crippen molar-refractivity contribution in [3.05, 3.63) is 105 Å². The van der Waals surface area contributed by atoms with Crippen molar-refractivity contribution in [1.82, 2.24) is 30.1 Å². The lowest BCUT2D eigenvalue weighted by Gasteiger charge is -2.30. The first-order valence-electron chi connectivity index (χ1n) is 12.9. The Balaban J connectivity index is 1.26. The molecule has 0 aliphatic carbocycles. The van der Waals surface area contributed by atoms with Gasteiger partial charge in [0.2, 0.25) is 0 Å². The molecule has 2 amide bonds. The molecule has 5 rings (SSSR count). The van der Waals surface area contributed by atoms with Crippen LogP contribution in [0.3, 0.4) is 0 Å². The lowest BCUT2D eigenvalue weighted by molar-refractivity contribution is 0.0910. The molecule has 1 fully saturated rings. The van der Waals surface area contributed by atoms with Gasteiger partial charge < -0.3 is 15.5 Å². The molecule has 2 aromatic heterocycles. The van der Waals surface area contributed by atoms with Crippen molar-refractivity contribution >= 4 is 22.7 Å². The number of fused-ring (bicyclic) bond motifs is 1. The predicted octanol–water partition coefficient (Wildman–Crippen LogP) is 2.87. The zero-order valence-electron chi connectivity index (χ0n) is 21.9. The molecule has 1 aliphatic rings. The number of nitrogens with one attached hydrogen (secondary N) is 2. The summed E-state index contributed by atoms with van der Waals surface area (Å²) in [6.07, 6.45) is 5.93. The molecular formula is C29H28F2N6O3. The second-order valence-electron chi connectivity index (χ2n) is 10.00. The van der Waals surface area contributed by atoms with Gasteiger partial charge in [-0.15, -0.1) is 0 Å². The van der Waals surface area contributed by atoms with Gasteiger partial charge in [0.25, 0.3) is 17.4 Å². The molecule has 3 heterocycles. The van der Waals surface area contributed by atoms with E-state index in [2.05, 4.69) is 25.5 Å². The minimum Gasteiger partial charge on any atom is -0.348 e. The smallest absolute Gasteiger partial charge is 0.266 e. The number of hydrogen-bond acceptors (Lipinski definition) is 6. The van der Waals surface area contributed by atoms with Crippen LogP contribution in [0.1, 0.15) is 44.7 Å². The number of likely N-dealkylation sites (N-methyl/N-ethyl adjacent to an activating group) is 1. The Labute approximate surface area is 228 Å². The van der Waals surface area contributed by atoms with Crippen LogP contribution in [0.25, 0.3) is 10.9 Å². The van der Waals surface area contributed by atoms with Crippen LogP contribution in [0.2, 0.25) is 0 Å². The molecule has 1 unspecified atom stereocenters. The van der Waals surface area contributed by atoms with Crippen molar-refractivity contribution in [2.24, 2.45) is 0 Å². The van der Waals surface area contributed by atoms with Gasteiger partial charge in [0.15, 0.2) is 11.6 Å². The van der Waals surface area contributed by atoms with Crippen molar-refractivity contribution in [3.63, 3.8) is 0 Å². The van der Waals surface area contributed by atoms with E-state index in [4.69, 9.17) is 0 Å². The van der Waals surface area contributed by atoms with Gasteiger partial charge in [-0.25, -0.2) is 13.8 Å². The third kappa shape index (κ3) is 6.20. The number of pyridine rings is 1. The van der Waals surface area contributed by atoms with E-state index in [0.717, 1.165) is 53.6 Å². The van der Waals surface area contributed by atoms with E-state index < -0.39 is 23.1 Å². The predicted molar refractivity (Wildman–Crippen MR) is 145 cm³/mol. The van der Waals surface area contributed by atoms with Crippen molar-refractivity contribution in [2.45, 2.75) is 32.0 Å². The number of amides is 2. The molecule has 1 aliphatic heterocycles. The summed E-state index contributed by atoms with van der Waals surface area (Å²) in [7, 11) is 2.04. The molecule has 1 atom stereocenters. The van der Waals surface area contributed by atoms with Gasteiger partial charge in [-0.3, -0.25) is 23.9 Å². The van der Waals surface area contributed by atoms with Crippen molar-refractivity contribution in [2.75, 3.05) is 20.1 Å². The van der Waals surface area contributed by atoms with Crippen LogP contribution in [0.5, 0.6) is 0 Å². The number of piperidine rings is 1. The lowest BCUT2D eigenvalue weighted by Crippen LogP contribution is -2.46. The number of halogens is 2. The van der Waals surface area contributed by atoms with E-state index in [1.165, 1.54) is 18.6 Å². The van der Waals surface area contributed by atoms with Crippen LogP contribution in [0, 0.1) is 11.6 Å². The Morgan fingerprint density at radius 1 is 1.02 bits per heavy atom. The summed E-state index contributed by atoms with van der Waals surface area (Å²) in [6, 6.07) is 10.6. The van der Waals surface area contributed by atoms with E-state index in [0.29, 0.717) is 16.6 Å². The zero-order chi connectivity index (χ0) is 28.2. The van der Waals surface area contributed by atoms with E-state index >= 15 is 0 Å². The van der Waals surface area contributed by atoms with Gasteiger partial charge >= 0.3 is 0 Å². The minimum atomic E-state index is -1.03. The van der Waals surface area contributed by atoms with Crippen molar-refractivity contribution in [1.29, 1.82) is 0 Å². The number of rotatable bonds is 7. The molecule has 2 N–H and O–H groups in total. The molecule has 1 saturated heterocycles. The van der Waals surface area contributed by atoms with Crippen LogP contribution in [0.15, 0.2) is 66.0 Å². The van der Waals surface area contributed by atoms with Gasteiger partial charge in [0.05, 0.1) is 24.0 Å². The van der Waals surface area contributed by atoms with E-state index in [9.17, 15) is 23.2 Å². The molecule has 11 heteroatoms. The van der Waals surface area contributed by atoms with Crippen LogP contribution in [-0.4, -0.2) is 57.4 Å². The molecule has 0 bridgehead atoms. The number of nitrogens with zero attached hydrogens (tertiary/aromatic N) is 4. The van der Waals surface area contributed by atoms with Crippen molar-refractivity contribution in [3.8, 4) is 0 Å². The third-order valence-corrected chi connectivity index (χ3v) is 6.90. The van der Waals surface area contributed by atoms with E-state index in [1.807, 2.05) is 13.1 Å². The highest BCUT2D eigenvalue weighted by atomic mass is 19.2. The Morgan fingerprint density at radius 2 is 1.85 bits per heavy atom. The summed E-state index contributed by atoms with van der Waals surface area (Å²) >= 11 is 0. The maximum Gasteiger partial charge on any atom is 0.266 e. The topological polar surface area (TPSA) is 109 Å². The Morgan fingerprint density at radius 3 is 2.65 bits per heavy atom. The van der Waals surface area contributed by atoms with Crippen LogP contribution >= 0.6 is 0 Å². The van der Waals surface area contributed by atoms with Gasteiger partial charge in [-0.1, -0.05) is 12.1 Å². The van der Waals surface area contributed by atoms with E-state index in [-0.39, 0.29) is 30.6 Å². The lowest BCUT2D eigenvalue weighted by atomic mass is 10.1. The summed E-state index contributed by atoms with van der Waals surface area (Å²) in [5, 5.41) is 6.55. The summed E-state index contributed by atoms with van der Waals surface area (Å²) in [4.78, 5) is 49.1. The highest BCUT2D eigenvalue weighted by Gasteiger charge is 2.20. The molecule has 0 saturated carbocycles. The SMILES string of the molecule is CN1CCCC(NC(=O)c2cnc3ccc(CNC(=O)c4cncn(Cc5ccc(F)c(F)c5)c4=O)cc3c2)C1. The molecule has 2 aromatic carbocycles. The average Bonchev–Trinajstić information content (AvgIpc) is 2.94. The monoisotopic (exact) mass is 546 g/mol. The number of likely N-dealkylation sites (tertiary alicyclic amines) is 1. The summed E-state index contributed by atoms with van der Waals surface area (Å²) in [5.41, 5.74) is 1.47. The molecule has 0 radical (unpaired) electrons. The Kier molecular flexibility index (Phi) is 7.92. The van der Waals surface area contributed by atoms with Gasteiger partial charge in [0.1, 0.15) is 5.56 Å². The Bertz CT molecular complexity index is 1640. The third-order valence-electron chi connectivity index (χ3n) is 6.90. The minimum absolute atomic E-state index is 0.0742. The highest BCUT2D eigenvalue weighted by Crippen LogP contribution is 2.17. The summed E-state index contributed by atoms with van der Waals surface area (Å²) in [5.74, 6) is -2.81. The quantitative estimate of drug-likeness (QED) is 0.369. The normalized spacial score (nSPS) is 15.6. The van der Waals surface area contributed by atoms with Crippen LogP contribution in [-0.2, 0) is 13.1 Å². The second kappa shape index (κ2) is 11.7. The standard InChI is InChI=1S/C29H28F2N6O3/c1-36-8-2-3-22(16-36)35-27(38)21-11-20-9-18(5-7-26(20)33-13-21)12-34-28(39)23-14-32-17-37(29(23)40)15-19-4-6-24(30)25(31)10-19/h4-7,9-11,13-14,17,22H,2-3,8,12,15-16H2,1H3,(H,34,39)(H,35,38). The van der Waals surface area contributed by atoms with Gasteiger partial charge in [0, 0.05) is 36.9 Å². The number of carbonyl (C=O) groups excluding carboxylic acids is 2. The average molecular weight is 547 g/mol. The van der Waals surface area contributed by atoms with E-state index in [1.54, 1.807) is 24.4 Å². The Hall–Kier alpha value is -4.51. The number of carbonyl (C=O) groups is 2. The maximum atomic E-state index is 13.6. The molecule has 4 aromatic rings. The highest BCUT2D eigenvalue weighted by molar-refractivity contribution is 5.97. The fourth-order valence-corrected chi connectivity index (χ4v) is 4.80. The number of benzene rings is 2. The molecule has 9 nitrogen and oxygen atoms in total. The first-order valence-corrected chi connectivity index (χ1v) is 12.9. The first-order chi connectivity index (χ1) is 19.3.